The van der Waals surface area contributed by atoms with E-state index in [1.807, 2.05) is 41.1 Å². The zero-order valence-electron chi connectivity index (χ0n) is 14.3. The zero-order valence-corrected chi connectivity index (χ0v) is 15.1. The topological polar surface area (TPSA) is 52.3 Å². The summed E-state index contributed by atoms with van der Waals surface area (Å²) in [6.45, 7) is 4.21. The summed E-state index contributed by atoms with van der Waals surface area (Å²) in [6, 6.07) is 16.2. The van der Waals surface area contributed by atoms with E-state index >= 15 is 0 Å². The van der Waals surface area contributed by atoms with Crippen LogP contribution in [0.1, 0.15) is 18.1 Å². The number of aromatic nitrogens is 3. The summed E-state index contributed by atoms with van der Waals surface area (Å²) in [5.74, 6) is 1.61. The molecule has 0 amide bonds. The minimum absolute atomic E-state index is 0.204. The predicted molar refractivity (Wildman–Crippen MR) is 100 cm³/mol. The zero-order chi connectivity index (χ0) is 17.4. The first-order chi connectivity index (χ1) is 12.2. The average Bonchev–Trinajstić information content (AvgIpc) is 3.04. The largest absolute Gasteiger partial charge is 0.497 e. The highest BCUT2D eigenvalue weighted by Crippen LogP contribution is 2.33. The molecule has 126 valence electrons. The number of nitrogens with zero attached hydrogens (tertiary/aromatic N) is 4. The molecule has 1 aromatic heterocycles. The van der Waals surface area contributed by atoms with Gasteiger partial charge in [-0.3, -0.25) is 0 Å². The Labute approximate surface area is 150 Å². The van der Waals surface area contributed by atoms with Crippen LogP contribution in [0.4, 0.5) is 0 Å². The molecule has 0 N–H and O–H groups in total. The summed E-state index contributed by atoms with van der Waals surface area (Å²) in [6.07, 6.45) is 0. The van der Waals surface area contributed by atoms with Gasteiger partial charge in [-0.2, -0.15) is 9.78 Å². The van der Waals surface area contributed by atoms with E-state index in [1.54, 1.807) is 18.9 Å². The number of hydrogen-bond acceptors (Lipinski definition) is 5. The van der Waals surface area contributed by atoms with E-state index in [9.17, 15) is 0 Å². The first-order valence-corrected chi connectivity index (χ1v) is 8.96. The van der Waals surface area contributed by atoms with Crippen LogP contribution in [-0.2, 0) is 0 Å². The van der Waals surface area contributed by atoms with Crippen LogP contribution in [0.5, 0.6) is 5.75 Å². The van der Waals surface area contributed by atoms with Gasteiger partial charge in [0.05, 0.1) is 18.1 Å². The monoisotopic (exact) mass is 350 g/mol. The lowest BCUT2D eigenvalue weighted by Gasteiger charge is -2.20. The first-order valence-electron chi connectivity index (χ1n) is 8.08. The number of benzene rings is 2. The Bertz CT molecular complexity index is 946. The molecular formula is C19H18N4OS. The van der Waals surface area contributed by atoms with Gasteiger partial charge < -0.3 is 4.74 Å². The summed E-state index contributed by atoms with van der Waals surface area (Å²) >= 11 is 1.67. The molecular weight excluding hydrogens is 332 g/mol. The molecule has 4 rings (SSSR count). The van der Waals surface area contributed by atoms with Gasteiger partial charge in [0, 0.05) is 5.56 Å². The summed E-state index contributed by atoms with van der Waals surface area (Å²) in [5, 5.41) is 14.6. The van der Waals surface area contributed by atoms with Crippen molar-refractivity contribution >= 4 is 17.5 Å². The van der Waals surface area contributed by atoms with E-state index in [-0.39, 0.29) is 5.25 Å². The number of hydrogen-bond donors (Lipinski definition) is 0. The minimum atomic E-state index is 0.204. The van der Waals surface area contributed by atoms with Crippen molar-refractivity contribution in [3.05, 3.63) is 59.7 Å². The first kappa shape index (κ1) is 15.9. The van der Waals surface area contributed by atoms with Crippen LogP contribution in [-0.4, -0.2) is 32.9 Å². The number of ether oxygens (including phenoxy) is 1. The van der Waals surface area contributed by atoms with Crippen molar-refractivity contribution < 1.29 is 4.74 Å². The van der Waals surface area contributed by atoms with Crippen molar-refractivity contribution in [1.29, 1.82) is 0 Å². The highest BCUT2D eigenvalue weighted by molar-refractivity contribution is 8.00. The molecule has 3 aromatic rings. The molecule has 1 aliphatic heterocycles. The van der Waals surface area contributed by atoms with Gasteiger partial charge in [-0.15, -0.1) is 10.2 Å². The van der Waals surface area contributed by atoms with Crippen molar-refractivity contribution in [2.75, 3.05) is 7.11 Å². The van der Waals surface area contributed by atoms with E-state index in [4.69, 9.17) is 9.84 Å². The Hall–Kier alpha value is -2.60. The third kappa shape index (κ3) is 2.93. The lowest BCUT2D eigenvalue weighted by Crippen LogP contribution is -2.21. The van der Waals surface area contributed by atoms with Gasteiger partial charge in [-0.05, 0) is 49.7 Å². The fourth-order valence-electron chi connectivity index (χ4n) is 2.85. The van der Waals surface area contributed by atoms with Gasteiger partial charge in [0.2, 0.25) is 5.16 Å². The van der Waals surface area contributed by atoms with Gasteiger partial charge in [-0.1, -0.05) is 35.5 Å². The van der Waals surface area contributed by atoms with Crippen molar-refractivity contribution in [2.24, 2.45) is 5.10 Å². The molecule has 0 unspecified atom stereocenters. The van der Waals surface area contributed by atoms with Crippen molar-refractivity contribution in [3.8, 4) is 17.1 Å². The van der Waals surface area contributed by atoms with E-state index in [2.05, 4.69) is 36.2 Å². The van der Waals surface area contributed by atoms with Crippen LogP contribution >= 0.6 is 11.8 Å². The molecule has 0 spiro atoms. The molecule has 2 heterocycles. The maximum Gasteiger partial charge on any atom is 0.213 e. The minimum Gasteiger partial charge on any atom is -0.497 e. The van der Waals surface area contributed by atoms with Gasteiger partial charge in [0.25, 0.3) is 0 Å². The lowest BCUT2D eigenvalue weighted by atomic mass is 10.1. The maximum atomic E-state index is 5.25. The quantitative estimate of drug-likeness (QED) is 0.716. The van der Waals surface area contributed by atoms with E-state index in [0.717, 1.165) is 33.6 Å². The standard InChI is InChI=1S/C19H18N4OS/c1-12-5-4-6-15(11-12)18-20-21-19-23(18)22-17(13(2)25-19)14-7-9-16(24-3)10-8-14/h4-11,13H,1-3H3/t13-/m0/s1. The maximum absolute atomic E-state index is 5.25. The highest BCUT2D eigenvalue weighted by atomic mass is 32.2. The Balaban J connectivity index is 1.79. The highest BCUT2D eigenvalue weighted by Gasteiger charge is 2.26. The molecule has 1 atom stereocenters. The third-order valence-electron chi connectivity index (χ3n) is 4.15. The number of thioether (sulfide) groups is 1. The average molecular weight is 350 g/mol. The second-order valence-electron chi connectivity index (χ2n) is 5.96. The van der Waals surface area contributed by atoms with Crippen LogP contribution < -0.4 is 4.74 Å². The Morgan fingerprint density at radius 1 is 1.04 bits per heavy atom. The second kappa shape index (κ2) is 6.37. The van der Waals surface area contributed by atoms with Gasteiger partial charge in [0.1, 0.15) is 5.75 Å². The molecule has 25 heavy (non-hydrogen) atoms. The molecule has 2 aromatic carbocycles. The summed E-state index contributed by atoms with van der Waals surface area (Å²) in [4.78, 5) is 0. The number of fused-ring (bicyclic) bond motifs is 1. The van der Waals surface area contributed by atoms with Crippen molar-refractivity contribution in [2.45, 2.75) is 24.3 Å². The van der Waals surface area contributed by atoms with Gasteiger partial charge in [-0.25, -0.2) is 0 Å². The van der Waals surface area contributed by atoms with Crippen LogP contribution in [0.15, 0.2) is 58.8 Å². The fourth-order valence-corrected chi connectivity index (χ4v) is 3.78. The Kier molecular flexibility index (Phi) is 4.05. The molecule has 0 fully saturated rings. The Morgan fingerprint density at radius 3 is 2.56 bits per heavy atom. The summed E-state index contributed by atoms with van der Waals surface area (Å²) in [7, 11) is 1.67. The second-order valence-corrected chi connectivity index (χ2v) is 7.27. The number of aryl methyl sites for hydroxylation is 1. The molecule has 0 saturated heterocycles. The molecule has 0 aliphatic carbocycles. The van der Waals surface area contributed by atoms with Gasteiger partial charge >= 0.3 is 0 Å². The number of methoxy groups -OCH3 is 1. The van der Waals surface area contributed by atoms with Crippen molar-refractivity contribution in [1.82, 2.24) is 14.9 Å². The van der Waals surface area contributed by atoms with E-state index < -0.39 is 0 Å². The molecule has 0 saturated carbocycles. The molecule has 1 aliphatic rings. The third-order valence-corrected chi connectivity index (χ3v) is 5.19. The summed E-state index contributed by atoms with van der Waals surface area (Å²) in [5.41, 5.74) is 4.29. The Morgan fingerprint density at radius 2 is 1.84 bits per heavy atom. The lowest BCUT2D eigenvalue weighted by molar-refractivity contribution is 0.415. The van der Waals surface area contributed by atoms with E-state index in [1.165, 1.54) is 5.56 Å². The van der Waals surface area contributed by atoms with Gasteiger partial charge in [0.15, 0.2) is 5.82 Å². The van der Waals surface area contributed by atoms with Crippen molar-refractivity contribution in [3.63, 3.8) is 0 Å². The molecule has 0 radical (unpaired) electrons. The van der Waals surface area contributed by atoms with Crippen LogP contribution in [0.2, 0.25) is 0 Å². The smallest absolute Gasteiger partial charge is 0.213 e. The predicted octanol–water partition coefficient (Wildman–Crippen LogP) is 4.01. The van der Waals surface area contributed by atoms with Crippen LogP contribution in [0.3, 0.4) is 0 Å². The fraction of sp³-hybridized carbons (Fsp3) is 0.211. The van der Waals surface area contributed by atoms with Crippen LogP contribution in [0, 0.1) is 6.92 Å². The number of rotatable bonds is 3. The van der Waals surface area contributed by atoms with Crippen LogP contribution in [0.25, 0.3) is 11.4 Å². The SMILES string of the molecule is COc1ccc(C2=Nn3c(nnc3-c3cccc(C)c3)S[C@H]2C)cc1. The molecule has 0 bridgehead atoms. The molecule has 5 nitrogen and oxygen atoms in total. The van der Waals surface area contributed by atoms with E-state index in [0.29, 0.717) is 0 Å². The molecule has 6 heteroatoms. The normalized spacial score (nSPS) is 16.3. The summed E-state index contributed by atoms with van der Waals surface area (Å²) < 4.78 is 7.09.